The van der Waals surface area contributed by atoms with Crippen molar-refractivity contribution in [1.82, 2.24) is 4.98 Å². The standard InChI is InChI=1S/C18H17N3OS2/c1-23-14-6-4-5-13(9-14)19-17(22)12-10-21(11-12)18-20-15-7-2-3-8-16(15)24-18/h2-9,12H,10-11H2,1H3,(H,19,22). The maximum Gasteiger partial charge on any atom is 0.231 e. The molecule has 0 unspecified atom stereocenters. The van der Waals surface area contributed by atoms with Crippen LogP contribution in [0.25, 0.3) is 10.2 Å². The third-order valence-electron chi connectivity index (χ3n) is 4.14. The van der Waals surface area contributed by atoms with Crippen molar-refractivity contribution in [2.75, 3.05) is 29.6 Å². The normalized spacial score (nSPS) is 14.6. The van der Waals surface area contributed by atoms with Crippen molar-refractivity contribution < 1.29 is 4.79 Å². The number of nitrogens with one attached hydrogen (secondary N) is 1. The van der Waals surface area contributed by atoms with Gasteiger partial charge in [-0.2, -0.15) is 0 Å². The minimum absolute atomic E-state index is 0.0231. The number of para-hydroxylation sites is 1. The molecule has 0 aliphatic carbocycles. The molecule has 1 aliphatic rings. The van der Waals surface area contributed by atoms with Crippen LogP contribution in [0.1, 0.15) is 0 Å². The van der Waals surface area contributed by atoms with Gasteiger partial charge >= 0.3 is 0 Å². The van der Waals surface area contributed by atoms with Gasteiger partial charge < -0.3 is 10.2 Å². The Bertz CT molecular complexity index is 854. The average molecular weight is 355 g/mol. The van der Waals surface area contributed by atoms with Gasteiger partial charge in [-0.3, -0.25) is 4.79 Å². The first-order chi connectivity index (χ1) is 11.7. The maximum absolute atomic E-state index is 12.4. The molecule has 0 saturated carbocycles. The number of nitrogens with zero attached hydrogens (tertiary/aromatic N) is 2. The Morgan fingerprint density at radius 3 is 2.88 bits per heavy atom. The summed E-state index contributed by atoms with van der Waals surface area (Å²) in [4.78, 5) is 20.4. The van der Waals surface area contributed by atoms with Crippen molar-refractivity contribution in [1.29, 1.82) is 0 Å². The molecule has 0 bridgehead atoms. The Balaban J connectivity index is 1.38. The van der Waals surface area contributed by atoms with Crippen LogP contribution < -0.4 is 10.2 Å². The van der Waals surface area contributed by atoms with Crippen LogP contribution in [0, 0.1) is 5.92 Å². The first-order valence-corrected chi connectivity index (χ1v) is 9.82. The van der Waals surface area contributed by atoms with Gasteiger partial charge in [-0.25, -0.2) is 4.98 Å². The smallest absolute Gasteiger partial charge is 0.231 e. The van der Waals surface area contributed by atoms with E-state index in [9.17, 15) is 4.79 Å². The van der Waals surface area contributed by atoms with Crippen LogP contribution in [0.15, 0.2) is 53.4 Å². The van der Waals surface area contributed by atoms with Gasteiger partial charge in [-0.15, -0.1) is 11.8 Å². The monoisotopic (exact) mass is 355 g/mol. The number of benzene rings is 2. The highest BCUT2D eigenvalue weighted by Gasteiger charge is 2.34. The number of fused-ring (bicyclic) bond motifs is 1. The van der Waals surface area contributed by atoms with Gasteiger partial charge in [0.2, 0.25) is 5.91 Å². The van der Waals surface area contributed by atoms with Gasteiger partial charge in [0.25, 0.3) is 0 Å². The van der Waals surface area contributed by atoms with Crippen molar-refractivity contribution in [2.24, 2.45) is 5.92 Å². The lowest BCUT2D eigenvalue weighted by Crippen LogP contribution is -2.52. The molecule has 0 atom stereocenters. The van der Waals surface area contributed by atoms with E-state index < -0.39 is 0 Å². The molecule has 1 aromatic heterocycles. The van der Waals surface area contributed by atoms with Gasteiger partial charge in [0, 0.05) is 23.7 Å². The molecule has 4 nitrogen and oxygen atoms in total. The Morgan fingerprint density at radius 1 is 1.25 bits per heavy atom. The molecule has 0 spiro atoms. The molecule has 6 heteroatoms. The highest BCUT2D eigenvalue weighted by atomic mass is 32.2. The molecule has 1 N–H and O–H groups in total. The summed E-state index contributed by atoms with van der Waals surface area (Å²) in [6.45, 7) is 1.46. The predicted octanol–water partition coefficient (Wildman–Crippen LogP) is 4.09. The Morgan fingerprint density at radius 2 is 2.08 bits per heavy atom. The minimum atomic E-state index is 0.0231. The fourth-order valence-electron chi connectivity index (χ4n) is 2.74. The molecule has 3 aromatic rings. The molecule has 1 aliphatic heterocycles. The number of rotatable bonds is 4. The fourth-order valence-corrected chi connectivity index (χ4v) is 4.18. The second-order valence-corrected chi connectivity index (χ2v) is 7.68. The number of hydrogen-bond donors (Lipinski definition) is 1. The summed E-state index contributed by atoms with van der Waals surface area (Å²) in [7, 11) is 0. The summed E-state index contributed by atoms with van der Waals surface area (Å²) in [5, 5.41) is 4.03. The zero-order valence-corrected chi connectivity index (χ0v) is 14.9. The SMILES string of the molecule is CSc1cccc(NC(=O)C2CN(c3nc4ccccc4s3)C2)c1. The fraction of sp³-hybridized carbons (Fsp3) is 0.222. The number of carbonyl (C=O) groups is 1. The summed E-state index contributed by atoms with van der Waals surface area (Å²) in [5.74, 6) is 0.112. The van der Waals surface area contributed by atoms with E-state index >= 15 is 0 Å². The third kappa shape index (κ3) is 2.99. The lowest BCUT2D eigenvalue weighted by atomic mass is 10.00. The molecule has 4 rings (SSSR count). The predicted molar refractivity (Wildman–Crippen MR) is 102 cm³/mol. The van der Waals surface area contributed by atoms with Crippen LogP contribution in [0.3, 0.4) is 0 Å². The zero-order valence-electron chi connectivity index (χ0n) is 13.2. The van der Waals surface area contributed by atoms with Gasteiger partial charge in [-0.05, 0) is 36.6 Å². The average Bonchev–Trinajstić information content (AvgIpc) is 2.97. The highest BCUT2D eigenvalue weighted by Crippen LogP contribution is 2.33. The zero-order chi connectivity index (χ0) is 16.5. The van der Waals surface area contributed by atoms with E-state index in [1.54, 1.807) is 23.1 Å². The van der Waals surface area contributed by atoms with Crippen LogP contribution in [-0.2, 0) is 4.79 Å². The largest absolute Gasteiger partial charge is 0.346 e. The summed E-state index contributed by atoms with van der Waals surface area (Å²) in [6, 6.07) is 16.1. The number of aromatic nitrogens is 1. The molecular weight excluding hydrogens is 338 g/mol. The lowest BCUT2D eigenvalue weighted by Gasteiger charge is -2.37. The Labute approximate surface area is 148 Å². The van der Waals surface area contributed by atoms with E-state index in [1.807, 2.05) is 48.7 Å². The lowest BCUT2D eigenvalue weighted by molar-refractivity contribution is -0.120. The molecular formula is C18H17N3OS2. The number of hydrogen-bond acceptors (Lipinski definition) is 5. The van der Waals surface area contributed by atoms with Crippen LogP contribution in [-0.4, -0.2) is 30.2 Å². The van der Waals surface area contributed by atoms with Crippen molar-refractivity contribution in [3.63, 3.8) is 0 Å². The molecule has 0 radical (unpaired) electrons. The van der Waals surface area contributed by atoms with Crippen molar-refractivity contribution >= 4 is 50.0 Å². The maximum atomic E-state index is 12.4. The van der Waals surface area contributed by atoms with Crippen LogP contribution in [0.4, 0.5) is 10.8 Å². The van der Waals surface area contributed by atoms with E-state index in [2.05, 4.69) is 21.3 Å². The highest BCUT2D eigenvalue weighted by molar-refractivity contribution is 7.98. The van der Waals surface area contributed by atoms with Gasteiger partial charge in [0.05, 0.1) is 16.1 Å². The van der Waals surface area contributed by atoms with Gasteiger partial charge in [0.15, 0.2) is 5.13 Å². The summed E-state index contributed by atoms with van der Waals surface area (Å²) in [5.41, 5.74) is 1.89. The van der Waals surface area contributed by atoms with E-state index in [0.717, 1.165) is 34.3 Å². The second kappa shape index (κ2) is 6.45. The molecule has 1 saturated heterocycles. The van der Waals surface area contributed by atoms with Crippen molar-refractivity contribution in [3.8, 4) is 0 Å². The molecule has 1 fully saturated rings. The number of carbonyl (C=O) groups excluding carboxylic acids is 1. The van der Waals surface area contributed by atoms with E-state index in [0.29, 0.717) is 0 Å². The first kappa shape index (κ1) is 15.5. The number of amides is 1. The van der Waals surface area contributed by atoms with E-state index in [4.69, 9.17) is 0 Å². The molecule has 122 valence electrons. The van der Waals surface area contributed by atoms with Crippen LogP contribution >= 0.6 is 23.1 Å². The van der Waals surface area contributed by atoms with Crippen LogP contribution in [0.2, 0.25) is 0 Å². The summed E-state index contributed by atoms with van der Waals surface area (Å²) >= 11 is 3.36. The number of anilines is 2. The molecule has 2 heterocycles. The van der Waals surface area contributed by atoms with Gasteiger partial charge in [0.1, 0.15) is 0 Å². The number of thiazole rings is 1. The van der Waals surface area contributed by atoms with Crippen LogP contribution in [0.5, 0.6) is 0 Å². The second-order valence-electron chi connectivity index (χ2n) is 5.79. The Kier molecular flexibility index (Phi) is 4.16. The van der Waals surface area contributed by atoms with E-state index in [-0.39, 0.29) is 11.8 Å². The summed E-state index contributed by atoms with van der Waals surface area (Å²) in [6.07, 6.45) is 2.03. The molecule has 2 aromatic carbocycles. The minimum Gasteiger partial charge on any atom is -0.346 e. The molecule has 24 heavy (non-hydrogen) atoms. The molecule has 1 amide bonds. The third-order valence-corrected chi connectivity index (χ3v) is 5.97. The summed E-state index contributed by atoms with van der Waals surface area (Å²) < 4.78 is 1.19. The van der Waals surface area contributed by atoms with E-state index in [1.165, 1.54) is 4.70 Å². The first-order valence-electron chi connectivity index (χ1n) is 7.78. The topological polar surface area (TPSA) is 45.2 Å². The van der Waals surface area contributed by atoms with Crippen molar-refractivity contribution in [3.05, 3.63) is 48.5 Å². The Hall–Kier alpha value is -2.05. The van der Waals surface area contributed by atoms with Crippen molar-refractivity contribution in [2.45, 2.75) is 4.90 Å². The van der Waals surface area contributed by atoms with Gasteiger partial charge in [-0.1, -0.05) is 29.5 Å². The number of thioether (sulfide) groups is 1. The quantitative estimate of drug-likeness (QED) is 0.716.